The average Bonchev–Trinajstić information content (AvgIpc) is 2.79. The molecule has 1 aliphatic rings. The highest BCUT2D eigenvalue weighted by Gasteiger charge is 2.46. The Morgan fingerprint density at radius 1 is 1.00 bits per heavy atom. The molecule has 1 fully saturated rings. The van der Waals surface area contributed by atoms with Crippen molar-refractivity contribution in [1.29, 1.82) is 0 Å². The minimum absolute atomic E-state index is 0.171. The van der Waals surface area contributed by atoms with E-state index in [9.17, 15) is 14.3 Å². The molecule has 33 heavy (non-hydrogen) atoms. The van der Waals surface area contributed by atoms with Crippen LogP contribution >= 0.6 is 0 Å². The largest absolute Gasteiger partial charge is 0.438 e. The summed E-state index contributed by atoms with van der Waals surface area (Å²) < 4.78 is 19.3. The van der Waals surface area contributed by atoms with Crippen molar-refractivity contribution in [1.82, 2.24) is 4.90 Å². The molecule has 4 nitrogen and oxygen atoms in total. The van der Waals surface area contributed by atoms with Crippen molar-refractivity contribution in [2.24, 2.45) is 0 Å². The molecule has 0 spiro atoms. The van der Waals surface area contributed by atoms with Gasteiger partial charge in [-0.15, -0.1) is 0 Å². The molecule has 1 amide bonds. The van der Waals surface area contributed by atoms with Crippen molar-refractivity contribution >= 4 is 6.09 Å². The van der Waals surface area contributed by atoms with E-state index < -0.39 is 11.2 Å². The first kappa shape index (κ1) is 23.0. The molecular weight excluding hydrogens is 417 g/mol. The zero-order chi connectivity index (χ0) is 23.6. The lowest BCUT2D eigenvalue weighted by atomic mass is 9.80. The van der Waals surface area contributed by atoms with Gasteiger partial charge in [-0.2, -0.15) is 0 Å². The summed E-state index contributed by atoms with van der Waals surface area (Å²) >= 11 is 0. The van der Waals surface area contributed by atoms with E-state index in [2.05, 4.69) is 0 Å². The van der Waals surface area contributed by atoms with E-state index in [1.807, 2.05) is 61.5 Å². The van der Waals surface area contributed by atoms with Crippen LogP contribution in [0.1, 0.15) is 50.8 Å². The summed E-state index contributed by atoms with van der Waals surface area (Å²) in [5, 5.41) is 10.5. The molecule has 0 radical (unpaired) electrons. The Labute approximate surface area is 194 Å². The number of ether oxygens (including phenoxy) is 1. The van der Waals surface area contributed by atoms with Crippen LogP contribution in [-0.2, 0) is 10.3 Å². The van der Waals surface area contributed by atoms with Crippen molar-refractivity contribution in [2.75, 3.05) is 6.54 Å². The molecule has 3 aromatic carbocycles. The van der Waals surface area contributed by atoms with Crippen LogP contribution in [0.5, 0.6) is 0 Å². The smallest absolute Gasteiger partial charge is 0.411 e. The van der Waals surface area contributed by atoms with Gasteiger partial charge in [0.25, 0.3) is 0 Å². The van der Waals surface area contributed by atoms with Gasteiger partial charge in [-0.3, -0.25) is 0 Å². The molecule has 1 N–H and O–H groups in total. The average molecular weight is 448 g/mol. The van der Waals surface area contributed by atoms with E-state index in [4.69, 9.17) is 4.74 Å². The molecule has 1 saturated heterocycles. The number of aliphatic hydroxyl groups is 1. The van der Waals surface area contributed by atoms with Crippen LogP contribution in [0.3, 0.4) is 0 Å². The third-order valence-corrected chi connectivity index (χ3v) is 6.33. The fourth-order valence-corrected chi connectivity index (χ4v) is 4.67. The highest BCUT2D eigenvalue weighted by atomic mass is 19.1. The number of nitrogens with zero attached hydrogens (tertiary/aromatic N) is 1. The van der Waals surface area contributed by atoms with Crippen LogP contribution in [0.15, 0.2) is 78.9 Å². The van der Waals surface area contributed by atoms with E-state index in [-0.39, 0.29) is 18.0 Å². The minimum Gasteiger partial charge on any atom is -0.438 e. The number of halogens is 1. The second kappa shape index (κ2) is 8.99. The highest BCUT2D eigenvalue weighted by Crippen LogP contribution is 2.42. The van der Waals surface area contributed by atoms with Gasteiger partial charge >= 0.3 is 6.09 Å². The van der Waals surface area contributed by atoms with E-state index in [1.54, 1.807) is 30.9 Å². The van der Waals surface area contributed by atoms with Crippen molar-refractivity contribution in [2.45, 2.75) is 50.9 Å². The van der Waals surface area contributed by atoms with Gasteiger partial charge in [-0.25, -0.2) is 9.18 Å². The molecule has 0 aliphatic carbocycles. The fraction of sp³-hybridized carbons (Fsp3) is 0.321. The van der Waals surface area contributed by atoms with Crippen LogP contribution in [-0.4, -0.2) is 28.2 Å². The number of carbonyl (C=O) groups is 1. The maximum absolute atomic E-state index is 13.2. The normalized spacial score (nSPS) is 19.8. The standard InChI is InChI=1S/C28H30FNO3/c1-20(21-9-11-22(12-10-21)23-13-15-25(29)16-14-23)30-18-17-28(33-26(30)31,19-27(2,3)32)24-7-5-4-6-8-24/h4-16,20,32H,17-19H2,1-3H3. The SMILES string of the molecule is CC(c1ccc(-c2ccc(F)cc2)cc1)N1CCC(CC(C)(C)O)(c2ccccc2)OC1=O. The van der Waals surface area contributed by atoms with Gasteiger partial charge < -0.3 is 14.7 Å². The summed E-state index contributed by atoms with van der Waals surface area (Å²) in [5.41, 5.74) is 1.97. The van der Waals surface area contributed by atoms with E-state index in [0.29, 0.717) is 19.4 Å². The van der Waals surface area contributed by atoms with Gasteiger partial charge in [-0.1, -0.05) is 66.7 Å². The summed E-state index contributed by atoms with van der Waals surface area (Å²) in [5.74, 6) is -0.260. The zero-order valence-electron chi connectivity index (χ0n) is 19.3. The second-order valence-electron chi connectivity index (χ2n) is 9.47. The van der Waals surface area contributed by atoms with Crippen molar-refractivity contribution in [3.8, 4) is 11.1 Å². The molecule has 3 aromatic rings. The number of benzene rings is 3. The first-order valence-corrected chi connectivity index (χ1v) is 11.3. The Bertz CT molecular complexity index is 1090. The summed E-state index contributed by atoms with van der Waals surface area (Å²) in [6.07, 6.45) is 0.527. The molecular formula is C28H30FNO3. The van der Waals surface area contributed by atoms with Crippen molar-refractivity contribution in [3.63, 3.8) is 0 Å². The maximum atomic E-state index is 13.2. The predicted molar refractivity (Wildman–Crippen MR) is 127 cm³/mol. The Morgan fingerprint density at radius 3 is 2.12 bits per heavy atom. The molecule has 0 bridgehead atoms. The van der Waals surface area contributed by atoms with Crippen LogP contribution in [0.4, 0.5) is 9.18 Å². The number of hydrogen-bond donors (Lipinski definition) is 1. The van der Waals surface area contributed by atoms with Gasteiger partial charge in [0, 0.05) is 19.4 Å². The van der Waals surface area contributed by atoms with Crippen LogP contribution < -0.4 is 0 Å². The van der Waals surface area contributed by atoms with Gasteiger partial charge in [0.05, 0.1) is 11.6 Å². The van der Waals surface area contributed by atoms with Crippen LogP contribution in [0.2, 0.25) is 0 Å². The molecule has 1 aliphatic heterocycles. The fourth-order valence-electron chi connectivity index (χ4n) is 4.67. The quantitative estimate of drug-likeness (QED) is 0.472. The molecule has 1 heterocycles. The number of hydrogen-bond acceptors (Lipinski definition) is 3. The van der Waals surface area contributed by atoms with Gasteiger partial charge in [0.2, 0.25) is 0 Å². The zero-order valence-corrected chi connectivity index (χ0v) is 19.3. The number of rotatable bonds is 6. The van der Waals surface area contributed by atoms with E-state index >= 15 is 0 Å². The van der Waals surface area contributed by atoms with Gasteiger partial charge in [0.15, 0.2) is 0 Å². The Balaban J connectivity index is 1.53. The molecule has 5 heteroatoms. The van der Waals surface area contributed by atoms with E-state index in [0.717, 1.165) is 22.3 Å². The van der Waals surface area contributed by atoms with Crippen LogP contribution in [0, 0.1) is 5.82 Å². The third-order valence-electron chi connectivity index (χ3n) is 6.33. The summed E-state index contributed by atoms with van der Waals surface area (Å²) in [7, 11) is 0. The highest BCUT2D eigenvalue weighted by molar-refractivity contribution is 5.70. The first-order chi connectivity index (χ1) is 15.7. The first-order valence-electron chi connectivity index (χ1n) is 11.3. The number of carbonyl (C=O) groups excluding carboxylic acids is 1. The van der Waals surface area contributed by atoms with Gasteiger partial charge in [-0.05, 0) is 55.2 Å². The lowest BCUT2D eigenvalue weighted by Crippen LogP contribution is -2.51. The monoisotopic (exact) mass is 447 g/mol. The molecule has 172 valence electrons. The van der Waals surface area contributed by atoms with Crippen molar-refractivity contribution in [3.05, 3.63) is 95.8 Å². The minimum atomic E-state index is -0.986. The molecule has 4 rings (SSSR count). The molecule has 2 unspecified atom stereocenters. The van der Waals surface area contributed by atoms with Gasteiger partial charge in [0.1, 0.15) is 11.4 Å². The Kier molecular flexibility index (Phi) is 6.26. The summed E-state index contributed by atoms with van der Waals surface area (Å²) in [6.45, 7) is 5.98. The summed E-state index contributed by atoms with van der Waals surface area (Å²) in [4.78, 5) is 14.9. The Hall–Kier alpha value is -3.18. The maximum Gasteiger partial charge on any atom is 0.411 e. The topological polar surface area (TPSA) is 49.8 Å². The number of amides is 1. The van der Waals surface area contributed by atoms with E-state index in [1.165, 1.54) is 12.1 Å². The van der Waals surface area contributed by atoms with Crippen LogP contribution in [0.25, 0.3) is 11.1 Å². The molecule has 2 atom stereocenters. The third kappa shape index (κ3) is 5.09. The second-order valence-corrected chi connectivity index (χ2v) is 9.47. The summed E-state index contributed by atoms with van der Waals surface area (Å²) in [6, 6.07) is 23.9. The number of cyclic esters (lactones) is 1. The molecule has 0 saturated carbocycles. The predicted octanol–water partition coefficient (Wildman–Crippen LogP) is 6.45. The van der Waals surface area contributed by atoms with Crippen molar-refractivity contribution < 1.29 is 19.0 Å². The molecule has 0 aromatic heterocycles. The lowest BCUT2D eigenvalue weighted by molar-refractivity contribution is -0.101. The lowest BCUT2D eigenvalue weighted by Gasteiger charge is -2.45. The Morgan fingerprint density at radius 2 is 1.58 bits per heavy atom.